The van der Waals surface area contributed by atoms with Crippen molar-refractivity contribution in [2.45, 2.75) is 0 Å². The molecular weight excluding hydrogens is 410 g/mol. The number of benzene rings is 2. The molecule has 4 nitrogen and oxygen atoms in total. The summed E-state index contributed by atoms with van der Waals surface area (Å²) in [5.74, 6) is 0.0920. The van der Waals surface area contributed by atoms with Crippen molar-refractivity contribution in [2.24, 2.45) is 0 Å². The van der Waals surface area contributed by atoms with Crippen LogP contribution in [-0.2, 0) is 4.79 Å². The highest BCUT2D eigenvalue weighted by Gasteiger charge is 2.33. The standard InChI is InChI=1S/C17H12BrNO3S2/c1-22-13-9-11(18)7-10(15(13)20)8-14-16(21)19(17(23)24-14)12-5-3-2-4-6-12/h2-9,20H,1H3/b14-8+. The Hall–Kier alpha value is -1.83. The van der Waals surface area contributed by atoms with Gasteiger partial charge in [0.25, 0.3) is 5.91 Å². The number of hydrogen-bond acceptors (Lipinski definition) is 5. The Morgan fingerprint density at radius 2 is 2.00 bits per heavy atom. The van der Waals surface area contributed by atoms with E-state index in [0.29, 0.717) is 20.5 Å². The molecular formula is C17H12BrNO3S2. The summed E-state index contributed by atoms with van der Waals surface area (Å²) in [4.78, 5) is 14.6. The fraction of sp³-hybridized carbons (Fsp3) is 0.0588. The Kier molecular flexibility index (Phi) is 4.93. The molecule has 2 aromatic rings. The predicted molar refractivity (Wildman–Crippen MR) is 104 cm³/mol. The minimum Gasteiger partial charge on any atom is -0.504 e. The average molecular weight is 422 g/mol. The van der Waals surface area contributed by atoms with E-state index in [1.807, 2.05) is 30.3 Å². The molecule has 1 fully saturated rings. The van der Waals surface area contributed by atoms with Crippen LogP contribution in [0.2, 0.25) is 0 Å². The summed E-state index contributed by atoms with van der Waals surface area (Å²) in [7, 11) is 1.47. The Bertz CT molecular complexity index is 852. The predicted octanol–water partition coefficient (Wildman–Crippen LogP) is 4.57. The lowest BCUT2D eigenvalue weighted by atomic mass is 10.1. The fourth-order valence-corrected chi connectivity index (χ4v) is 4.01. The first-order chi connectivity index (χ1) is 11.5. The summed E-state index contributed by atoms with van der Waals surface area (Å²) in [6, 6.07) is 12.6. The number of rotatable bonds is 3. The average Bonchev–Trinajstić information content (AvgIpc) is 2.85. The first-order valence-electron chi connectivity index (χ1n) is 6.91. The van der Waals surface area contributed by atoms with Gasteiger partial charge in [-0.2, -0.15) is 0 Å². The van der Waals surface area contributed by atoms with Gasteiger partial charge in [0.1, 0.15) is 0 Å². The minimum absolute atomic E-state index is 0.0225. The third-order valence-electron chi connectivity index (χ3n) is 3.38. The zero-order chi connectivity index (χ0) is 17.3. The van der Waals surface area contributed by atoms with Crippen LogP contribution in [0.5, 0.6) is 11.5 Å². The van der Waals surface area contributed by atoms with Crippen LogP contribution in [0, 0.1) is 0 Å². The van der Waals surface area contributed by atoms with Crippen LogP contribution in [0.3, 0.4) is 0 Å². The number of carbonyl (C=O) groups excluding carboxylic acids is 1. The van der Waals surface area contributed by atoms with Crippen molar-refractivity contribution in [3.05, 3.63) is 57.4 Å². The number of thiocarbonyl (C=S) groups is 1. The molecule has 2 aromatic carbocycles. The molecule has 122 valence electrons. The van der Waals surface area contributed by atoms with Crippen molar-refractivity contribution in [1.82, 2.24) is 0 Å². The van der Waals surface area contributed by atoms with Crippen LogP contribution in [-0.4, -0.2) is 22.4 Å². The second kappa shape index (κ2) is 6.96. The van der Waals surface area contributed by atoms with E-state index in [1.54, 1.807) is 18.2 Å². The van der Waals surface area contributed by atoms with Crippen LogP contribution in [0.15, 0.2) is 51.8 Å². The number of phenolic OH excluding ortho intramolecular Hbond substituents is 1. The maximum Gasteiger partial charge on any atom is 0.270 e. The summed E-state index contributed by atoms with van der Waals surface area (Å²) in [6.07, 6.45) is 1.62. The SMILES string of the molecule is COc1cc(Br)cc(/C=C2/SC(=S)N(c3ccccc3)C2=O)c1O. The molecule has 0 spiro atoms. The van der Waals surface area contributed by atoms with Crippen molar-refractivity contribution < 1.29 is 14.6 Å². The third-order valence-corrected chi connectivity index (χ3v) is 5.14. The first-order valence-corrected chi connectivity index (χ1v) is 8.92. The van der Waals surface area contributed by atoms with Crippen LogP contribution < -0.4 is 9.64 Å². The zero-order valence-electron chi connectivity index (χ0n) is 12.5. The molecule has 1 heterocycles. The maximum atomic E-state index is 12.7. The zero-order valence-corrected chi connectivity index (χ0v) is 15.7. The van der Waals surface area contributed by atoms with E-state index < -0.39 is 0 Å². The highest BCUT2D eigenvalue weighted by Crippen LogP contribution is 2.39. The van der Waals surface area contributed by atoms with E-state index in [2.05, 4.69) is 15.9 Å². The number of phenols is 1. The summed E-state index contributed by atoms with van der Waals surface area (Å²) in [6.45, 7) is 0. The second-order valence-electron chi connectivity index (χ2n) is 4.90. The number of amides is 1. The maximum absolute atomic E-state index is 12.7. The Morgan fingerprint density at radius 3 is 2.67 bits per heavy atom. The van der Waals surface area contributed by atoms with E-state index in [-0.39, 0.29) is 11.7 Å². The highest BCUT2D eigenvalue weighted by molar-refractivity contribution is 9.10. The Balaban J connectivity index is 2.00. The number of methoxy groups -OCH3 is 1. The van der Waals surface area contributed by atoms with Gasteiger partial charge in [-0.15, -0.1) is 0 Å². The van der Waals surface area contributed by atoms with Gasteiger partial charge in [-0.1, -0.05) is 58.1 Å². The van der Waals surface area contributed by atoms with Gasteiger partial charge in [0.2, 0.25) is 0 Å². The number of carbonyl (C=O) groups is 1. The van der Waals surface area contributed by atoms with Gasteiger partial charge in [-0.25, -0.2) is 0 Å². The van der Waals surface area contributed by atoms with Gasteiger partial charge < -0.3 is 9.84 Å². The molecule has 0 aromatic heterocycles. The van der Waals surface area contributed by atoms with Crippen molar-refractivity contribution in [1.29, 1.82) is 0 Å². The molecule has 1 aliphatic heterocycles. The van der Waals surface area contributed by atoms with Crippen LogP contribution in [0.25, 0.3) is 6.08 Å². The monoisotopic (exact) mass is 421 g/mol. The molecule has 24 heavy (non-hydrogen) atoms. The first kappa shape index (κ1) is 17.0. The number of nitrogens with zero attached hydrogens (tertiary/aromatic N) is 1. The Labute approximate surface area is 157 Å². The quantitative estimate of drug-likeness (QED) is 0.580. The van der Waals surface area contributed by atoms with Crippen LogP contribution in [0.4, 0.5) is 5.69 Å². The summed E-state index contributed by atoms with van der Waals surface area (Å²) < 4.78 is 6.33. The number of halogens is 1. The lowest BCUT2D eigenvalue weighted by Crippen LogP contribution is -2.27. The van der Waals surface area contributed by atoms with Gasteiger partial charge in [0, 0.05) is 10.0 Å². The molecule has 1 N–H and O–H groups in total. The molecule has 3 rings (SSSR count). The van der Waals surface area contributed by atoms with Gasteiger partial charge in [0.15, 0.2) is 15.8 Å². The molecule has 0 bridgehead atoms. The number of anilines is 1. The van der Waals surface area contributed by atoms with E-state index in [4.69, 9.17) is 17.0 Å². The highest BCUT2D eigenvalue weighted by atomic mass is 79.9. The fourth-order valence-electron chi connectivity index (χ4n) is 2.27. The van der Waals surface area contributed by atoms with E-state index in [0.717, 1.165) is 10.2 Å². The molecule has 0 aliphatic carbocycles. The van der Waals surface area contributed by atoms with Crippen molar-refractivity contribution in [2.75, 3.05) is 12.0 Å². The van der Waals surface area contributed by atoms with Gasteiger partial charge in [0.05, 0.1) is 17.7 Å². The summed E-state index contributed by atoms with van der Waals surface area (Å²) in [5.41, 5.74) is 1.20. The van der Waals surface area contributed by atoms with Gasteiger partial charge in [-0.3, -0.25) is 9.69 Å². The Morgan fingerprint density at radius 1 is 1.29 bits per heavy atom. The lowest BCUT2D eigenvalue weighted by molar-refractivity contribution is -0.113. The third kappa shape index (κ3) is 3.19. The number of thioether (sulfide) groups is 1. The molecule has 0 unspecified atom stereocenters. The largest absolute Gasteiger partial charge is 0.504 e. The summed E-state index contributed by atoms with van der Waals surface area (Å²) in [5, 5.41) is 10.3. The second-order valence-corrected chi connectivity index (χ2v) is 7.49. The number of para-hydroxylation sites is 1. The minimum atomic E-state index is -0.213. The van der Waals surface area contributed by atoms with Crippen molar-refractivity contribution >= 4 is 61.9 Å². The van der Waals surface area contributed by atoms with Crippen LogP contribution in [0.1, 0.15) is 5.56 Å². The molecule has 7 heteroatoms. The van der Waals surface area contributed by atoms with Gasteiger partial charge in [-0.05, 0) is 30.3 Å². The number of ether oxygens (including phenoxy) is 1. The normalized spacial score (nSPS) is 16.1. The van der Waals surface area contributed by atoms with E-state index >= 15 is 0 Å². The molecule has 0 saturated carbocycles. The van der Waals surface area contributed by atoms with Crippen LogP contribution >= 0.6 is 39.9 Å². The molecule has 1 saturated heterocycles. The topological polar surface area (TPSA) is 49.8 Å². The van der Waals surface area contributed by atoms with E-state index in [1.165, 1.54) is 23.8 Å². The summed E-state index contributed by atoms with van der Waals surface area (Å²) >= 11 is 9.90. The van der Waals surface area contributed by atoms with Gasteiger partial charge >= 0.3 is 0 Å². The molecule has 0 radical (unpaired) electrons. The van der Waals surface area contributed by atoms with Crippen molar-refractivity contribution in [3.8, 4) is 11.5 Å². The molecule has 0 atom stereocenters. The molecule has 1 amide bonds. The number of hydrogen-bond donors (Lipinski definition) is 1. The van der Waals surface area contributed by atoms with Crippen molar-refractivity contribution in [3.63, 3.8) is 0 Å². The smallest absolute Gasteiger partial charge is 0.270 e. The molecule has 1 aliphatic rings. The van der Waals surface area contributed by atoms with E-state index in [9.17, 15) is 9.90 Å². The lowest BCUT2D eigenvalue weighted by Gasteiger charge is -2.13. The number of aromatic hydroxyl groups is 1.